The second kappa shape index (κ2) is 16.4. The summed E-state index contributed by atoms with van der Waals surface area (Å²) < 4.78 is 0. The van der Waals surface area contributed by atoms with Crippen LogP contribution < -0.4 is 0 Å². The summed E-state index contributed by atoms with van der Waals surface area (Å²) in [5.74, 6) is -0.938. The maximum absolute atomic E-state index is 12.1. The van der Waals surface area contributed by atoms with E-state index in [0.29, 0.717) is 12.0 Å². The van der Waals surface area contributed by atoms with Crippen molar-refractivity contribution in [1.82, 2.24) is 0 Å². The van der Waals surface area contributed by atoms with E-state index in [1.165, 1.54) is 83.5 Å². The molecule has 2 nitrogen and oxygen atoms in total. The number of Topliss-reactive ketones (excluding diaryl/α,β-unsaturated/α-hetero) is 2. The smallest absolute Gasteiger partial charge is 0.217 e. The average molecular weight is 464 g/mol. The third-order valence-electron chi connectivity index (χ3n) is 5.61. The monoisotopic (exact) mass is 462 g/mol. The van der Waals surface area contributed by atoms with E-state index >= 15 is 0 Å². The Morgan fingerprint density at radius 1 is 0.483 bits per heavy atom. The van der Waals surface area contributed by atoms with Gasteiger partial charge in [0.25, 0.3) is 0 Å². The summed E-state index contributed by atoms with van der Waals surface area (Å²) in [6.07, 6.45) is 21.2. The summed E-state index contributed by atoms with van der Waals surface area (Å²) in [7, 11) is 0. The van der Waals surface area contributed by atoms with E-state index in [1.807, 2.05) is 0 Å². The van der Waals surface area contributed by atoms with Crippen LogP contribution in [-0.2, 0) is 9.59 Å². The van der Waals surface area contributed by atoms with Gasteiger partial charge in [-0.3, -0.25) is 9.59 Å². The third kappa shape index (κ3) is 10.5. The molecule has 0 spiro atoms. The van der Waals surface area contributed by atoms with Crippen molar-refractivity contribution in [2.24, 2.45) is 0 Å². The molecule has 0 heterocycles. The van der Waals surface area contributed by atoms with Crippen LogP contribution in [0.15, 0.2) is 20.7 Å². The van der Waals surface area contributed by atoms with Crippen LogP contribution in [0.25, 0.3) is 0 Å². The van der Waals surface area contributed by atoms with Gasteiger partial charge in [-0.2, -0.15) is 0 Å². The standard InChI is InChI=1S/C24H37Cl3O2/c1-2-3-4-5-6-7-8-9-10-11-12-13-14-15-16-17-18-19-20(25)24(29)22(27)21(26)23(19)28/h2-18H2,1H3. The van der Waals surface area contributed by atoms with Crippen LogP contribution in [0.4, 0.5) is 0 Å². The lowest BCUT2D eigenvalue weighted by Crippen LogP contribution is -2.17. The number of ketones is 2. The highest BCUT2D eigenvalue weighted by molar-refractivity contribution is 6.64. The van der Waals surface area contributed by atoms with E-state index in [1.54, 1.807) is 0 Å². The van der Waals surface area contributed by atoms with Crippen LogP contribution in [0.2, 0.25) is 0 Å². The molecule has 29 heavy (non-hydrogen) atoms. The molecule has 0 N–H and O–H groups in total. The van der Waals surface area contributed by atoms with Gasteiger partial charge in [0.1, 0.15) is 10.1 Å². The second-order valence-electron chi connectivity index (χ2n) is 8.13. The molecule has 0 aromatic heterocycles. The largest absolute Gasteiger partial charge is 0.288 e. The molecule has 0 saturated heterocycles. The lowest BCUT2D eigenvalue weighted by molar-refractivity contribution is -0.115. The molecule has 0 aromatic carbocycles. The Hall–Kier alpha value is -0.310. The number of unbranched alkanes of at least 4 members (excludes halogenated alkanes) is 15. The second-order valence-corrected chi connectivity index (χ2v) is 9.27. The Labute approximate surface area is 192 Å². The van der Waals surface area contributed by atoms with Gasteiger partial charge in [0.15, 0.2) is 0 Å². The Balaban J connectivity index is 1.95. The predicted molar refractivity (Wildman–Crippen MR) is 126 cm³/mol. The van der Waals surface area contributed by atoms with E-state index in [2.05, 4.69) is 6.92 Å². The lowest BCUT2D eigenvalue weighted by atomic mass is 9.96. The zero-order valence-corrected chi connectivity index (χ0v) is 20.2. The van der Waals surface area contributed by atoms with E-state index in [9.17, 15) is 9.59 Å². The molecule has 0 bridgehead atoms. The highest BCUT2D eigenvalue weighted by atomic mass is 35.5. The van der Waals surface area contributed by atoms with E-state index in [0.717, 1.165) is 19.3 Å². The summed E-state index contributed by atoms with van der Waals surface area (Å²) in [5, 5.41) is -0.532. The quantitative estimate of drug-likeness (QED) is 0.159. The van der Waals surface area contributed by atoms with E-state index < -0.39 is 11.6 Å². The fourth-order valence-corrected chi connectivity index (χ4v) is 4.44. The van der Waals surface area contributed by atoms with Gasteiger partial charge in [0.05, 0.1) is 5.03 Å². The van der Waals surface area contributed by atoms with Crippen LogP contribution in [0.5, 0.6) is 0 Å². The number of carbonyl (C=O) groups excluding carboxylic acids is 2. The molecular weight excluding hydrogens is 427 g/mol. The molecule has 0 fully saturated rings. The molecule has 0 unspecified atom stereocenters. The number of carbonyl (C=O) groups is 2. The Bertz CT molecular complexity index is 579. The molecule has 0 amide bonds. The van der Waals surface area contributed by atoms with Gasteiger partial charge in [-0.15, -0.1) is 0 Å². The van der Waals surface area contributed by atoms with Gasteiger partial charge in [-0.05, 0) is 12.8 Å². The molecule has 1 aliphatic rings. The molecule has 0 radical (unpaired) electrons. The Morgan fingerprint density at radius 3 is 1.24 bits per heavy atom. The molecular formula is C24H37Cl3O2. The zero-order chi connectivity index (χ0) is 21.5. The van der Waals surface area contributed by atoms with Crippen molar-refractivity contribution in [3.05, 3.63) is 20.7 Å². The van der Waals surface area contributed by atoms with E-state index in [4.69, 9.17) is 34.8 Å². The lowest BCUT2D eigenvalue weighted by Gasteiger charge is -2.14. The van der Waals surface area contributed by atoms with Crippen molar-refractivity contribution >= 4 is 46.4 Å². The van der Waals surface area contributed by atoms with Crippen molar-refractivity contribution in [2.75, 3.05) is 0 Å². The SMILES string of the molecule is CCCCCCCCCCCCCCCCCCC1=C(Cl)C(=O)C(Cl)=C(Cl)C1=O. The van der Waals surface area contributed by atoms with Crippen LogP contribution >= 0.6 is 34.8 Å². The first-order valence-electron chi connectivity index (χ1n) is 11.5. The summed E-state index contributed by atoms with van der Waals surface area (Å²) in [5.41, 5.74) is 0.316. The van der Waals surface area contributed by atoms with Crippen LogP contribution in [0, 0.1) is 0 Å². The Kier molecular flexibility index (Phi) is 15.1. The average Bonchev–Trinajstić information content (AvgIpc) is 2.72. The van der Waals surface area contributed by atoms with E-state index in [-0.39, 0.29) is 15.1 Å². The number of halogens is 3. The molecule has 166 valence electrons. The molecule has 0 atom stereocenters. The maximum Gasteiger partial charge on any atom is 0.217 e. The van der Waals surface area contributed by atoms with Crippen molar-refractivity contribution in [3.8, 4) is 0 Å². The van der Waals surface area contributed by atoms with Crippen molar-refractivity contribution in [3.63, 3.8) is 0 Å². The number of hydrogen-bond donors (Lipinski definition) is 0. The summed E-state index contributed by atoms with van der Waals surface area (Å²) in [6.45, 7) is 2.27. The summed E-state index contributed by atoms with van der Waals surface area (Å²) >= 11 is 17.6. The van der Waals surface area contributed by atoms with Gasteiger partial charge < -0.3 is 0 Å². The first-order valence-corrected chi connectivity index (χ1v) is 12.7. The van der Waals surface area contributed by atoms with Crippen molar-refractivity contribution in [2.45, 2.75) is 116 Å². The highest BCUT2D eigenvalue weighted by Crippen LogP contribution is 2.33. The van der Waals surface area contributed by atoms with Gasteiger partial charge in [-0.25, -0.2) is 0 Å². The summed E-state index contributed by atoms with van der Waals surface area (Å²) in [6, 6.07) is 0. The zero-order valence-electron chi connectivity index (χ0n) is 18.0. The number of hydrogen-bond acceptors (Lipinski definition) is 2. The third-order valence-corrected chi connectivity index (χ3v) is 6.83. The fraction of sp³-hybridized carbons (Fsp3) is 0.750. The molecule has 1 rings (SSSR count). The molecule has 5 heteroatoms. The predicted octanol–water partition coefficient (Wildman–Crippen LogP) is 8.97. The minimum Gasteiger partial charge on any atom is -0.288 e. The van der Waals surface area contributed by atoms with Crippen LogP contribution in [0.1, 0.15) is 116 Å². The minimum absolute atomic E-state index is 0.0645. The maximum atomic E-state index is 12.1. The molecule has 0 aliphatic heterocycles. The fourth-order valence-electron chi connectivity index (χ4n) is 3.74. The van der Waals surface area contributed by atoms with Gasteiger partial charge >= 0.3 is 0 Å². The first kappa shape index (κ1) is 26.7. The normalized spacial score (nSPS) is 15.0. The minimum atomic E-state index is -0.538. The molecule has 1 aliphatic carbocycles. The number of allylic oxidation sites excluding steroid dienone is 4. The molecule has 0 saturated carbocycles. The van der Waals surface area contributed by atoms with Crippen molar-refractivity contribution in [1.29, 1.82) is 0 Å². The highest BCUT2D eigenvalue weighted by Gasteiger charge is 2.31. The van der Waals surface area contributed by atoms with Crippen molar-refractivity contribution < 1.29 is 9.59 Å². The van der Waals surface area contributed by atoms with Crippen LogP contribution in [0.3, 0.4) is 0 Å². The number of rotatable bonds is 17. The van der Waals surface area contributed by atoms with Gasteiger partial charge in [0, 0.05) is 5.57 Å². The van der Waals surface area contributed by atoms with Gasteiger partial charge in [-0.1, -0.05) is 138 Å². The van der Waals surface area contributed by atoms with Gasteiger partial charge in [0.2, 0.25) is 11.6 Å². The Morgan fingerprint density at radius 2 is 0.828 bits per heavy atom. The molecule has 0 aromatic rings. The first-order chi connectivity index (χ1) is 14.0. The summed E-state index contributed by atoms with van der Waals surface area (Å²) in [4.78, 5) is 24.0. The van der Waals surface area contributed by atoms with Crippen LogP contribution in [-0.4, -0.2) is 11.6 Å². The topological polar surface area (TPSA) is 34.1 Å².